The summed E-state index contributed by atoms with van der Waals surface area (Å²) < 4.78 is 2.08. The Hall–Kier alpha value is -1.36. The van der Waals surface area contributed by atoms with Crippen LogP contribution in [0.25, 0.3) is 0 Å². The van der Waals surface area contributed by atoms with Gasteiger partial charge in [-0.3, -0.25) is 14.8 Å². The fourth-order valence-corrected chi connectivity index (χ4v) is 3.80. The predicted molar refractivity (Wildman–Crippen MR) is 80.5 cm³/mol. The van der Waals surface area contributed by atoms with Crippen molar-refractivity contribution in [1.82, 2.24) is 15.1 Å². The minimum absolute atomic E-state index is 0.200. The van der Waals surface area contributed by atoms with E-state index in [0.29, 0.717) is 18.9 Å². The molecule has 0 saturated heterocycles. The Morgan fingerprint density at radius 2 is 2.14 bits per heavy atom. The van der Waals surface area contributed by atoms with E-state index >= 15 is 0 Å². The molecule has 0 bridgehead atoms. The maximum Gasteiger partial charge on any atom is 0.323 e. The first-order valence-electron chi connectivity index (χ1n) is 8.02. The van der Waals surface area contributed by atoms with Crippen molar-refractivity contribution in [3.63, 3.8) is 0 Å². The molecule has 5 nitrogen and oxygen atoms in total. The van der Waals surface area contributed by atoms with E-state index in [4.69, 9.17) is 0 Å². The van der Waals surface area contributed by atoms with Crippen molar-refractivity contribution < 1.29 is 9.90 Å². The third kappa shape index (κ3) is 2.48. The Bertz CT molecular complexity index is 562. The van der Waals surface area contributed by atoms with Gasteiger partial charge in [0.2, 0.25) is 0 Å². The Kier molecular flexibility index (Phi) is 3.56. The normalized spacial score (nSPS) is 29.0. The summed E-state index contributed by atoms with van der Waals surface area (Å²) in [5.41, 5.74) is 2.84. The van der Waals surface area contributed by atoms with E-state index in [1.807, 2.05) is 6.92 Å². The summed E-state index contributed by atoms with van der Waals surface area (Å²) in [6.45, 7) is 6.30. The third-order valence-corrected chi connectivity index (χ3v) is 5.13. The summed E-state index contributed by atoms with van der Waals surface area (Å²) in [6, 6.07) is 0.609. The van der Waals surface area contributed by atoms with Crippen LogP contribution in [0.2, 0.25) is 0 Å². The van der Waals surface area contributed by atoms with Crippen LogP contribution in [0.5, 0.6) is 0 Å². The second-order valence-corrected chi connectivity index (χ2v) is 6.65. The van der Waals surface area contributed by atoms with Gasteiger partial charge in [-0.05, 0) is 57.9 Å². The predicted octanol–water partition coefficient (Wildman–Crippen LogP) is 2.36. The topological polar surface area (TPSA) is 67.2 Å². The second-order valence-electron chi connectivity index (χ2n) is 6.65. The van der Waals surface area contributed by atoms with Gasteiger partial charge in [-0.2, -0.15) is 5.10 Å². The highest BCUT2D eigenvalue weighted by atomic mass is 16.4. The minimum Gasteiger partial charge on any atom is -0.480 e. The Morgan fingerprint density at radius 1 is 1.43 bits per heavy atom. The molecule has 1 aromatic rings. The first-order chi connectivity index (χ1) is 9.97. The SMILES string of the molecule is CCc1c(C)nn(C2CCC(NC3CC3)(C(=O)O)C2)c1C. The minimum atomic E-state index is -0.746. The highest BCUT2D eigenvalue weighted by Gasteiger charge is 2.49. The summed E-state index contributed by atoms with van der Waals surface area (Å²) in [4.78, 5) is 11.8. The lowest BCUT2D eigenvalue weighted by Gasteiger charge is -2.26. The van der Waals surface area contributed by atoms with Crippen LogP contribution in [-0.4, -0.2) is 32.4 Å². The molecule has 2 aliphatic rings. The summed E-state index contributed by atoms with van der Waals surface area (Å²) in [5, 5.41) is 17.7. The van der Waals surface area contributed by atoms with Gasteiger partial charge in [-0.25, -0.2) is 0 Å². The average Bonchev–Trinajstić information content (AvgIpc) is 3.05. The lowest BCUT2D eigenvalue weighted by Crippen LogP contribution is -2.51. The van der Waals surface area contributed by atoms with Crippen LogP contribution in [0.4, 0.5) is 0 Å². The number of aliphatic carboxylic acids is 1. The molecule has 116 valence electrons. The fraction of sp³-hybridized carbons (Fsp3) is 0.750. The zero-order valence-corrected chi connectivity index (χ0v) is 13.1. The van der Waals surface area contributed by atoms with Crippen LogP contribution in [0, 0.1) is 13.8 Å². The number of nitrogens with one attached hydrogen (secondary N) is 1. The number of carboxylic acids is 1. The van der Waals surface area contributed by atoms with Crippen molar-refractivity contribution in [3.05, 3.63) is 17.0 Å². The molecule has 0 spiro atoms. The lowest BCUT2D eigenvalue weighted by molar-refractivity contribution is -0.144. The molecule has 2 saturated carbocycles. The van der Waals surface area contributed by atoms with Gasteiger partial charge < -0.3 is 5.11 Å². The molecule has 3 rings (SSSR count). The van der Waals surface area contributed by atoms with E-state index in [1.165, 1.54) is 11.3 Å². The molecule has 2 unspecified atom stereocenters. The van der Waals surface area contributed by atoms with E-state index in [2.05, 4.69) is 28.9 Å². The highest BCUT2D eigenvalue weighted by Crippen LogP contribution is 2.41. The van der Waals surface area contributed by atoms with Gasteiger partial charge in [0.05, 0.1) is 11.7 Å². The third-order valence-electron chi connectivity index (χ3n) is 5.13. The zero-order valence-electron chi connectivity index (χ0n) is 13.1. The average molecular weight is 291 g/mol. The van der Waals surface area contributed by atoms with Gasteiger partial charge in [0.1, 0.15) is 5.54 Å². The quantitative estimate of drug-likeness (QED) is 0.874. The molecule has 1 aromatic heterocycles. The number of hydrogen-bond donors (Lipinski definition) is 2. The van der Waals surface area contributed by atoms with Crippen LogP contribution in [0.3, 0.4) is 0 Å². The smallest absolute Gasteiger partial charge is 0.323 e. The molecule has 2 fully saturated rings. The number of nitrogens with zero attached hydrogens (tertiary/aromatic N) is 2. The molecule has 0 amide bonds. The van der Waals surface area contributed by atoms with E-state index in [0.717, 1.165) is 31.4 Å². The molecule has 0 aliphatic heterocycles. The maximum absolute atomic E-state index is 11.8. The van der Waals surface area contributed by atoms with Crippen molar-refractivity contribution in [2.45, 2.75) is 76.9 Å². The highest BCUT2D eigenvalue weighted by molar-refractivity contribution is 5.79. The Balaban J connectivity index is 1.83. The monoisotopic (exact) mass is 291 g/mol. The zero-order chi connectivity index (χ0) is 15.2. The molecule has 2 atom stereocenters. The van der Waals surface area contributed by atoms with Crippen LogP contribution in [0.15, 0.2) is 0 Å². The molecule has 1 heterocycles. The van der Waals surface area contributed by atoms with Crippen LogP contribution >= 0.6 is 0 Å². The van der Waals surface area contributed by atoms with Crippen molar-refractivity contribution >= 4 is 5.97 Å². The number of aromatic nitrogens is 2. The number of hydrogen-bond acceptors (Lipinski definition) is 3. The summed E-state index contributed by atoms with van der Waals surface area (Å²) >= 11 is 0. The van der Waals surface area contributed by atoms with Crippen molar-refractivity contribution in [2.24, 2.45) is 0 Å². The van der Waals surface area contributed by atoms with Crippen LogP contribution in [-0.2, 0) is 11.2 Å². The van der Waals surface area contributed by atoms with Gasteiger partial charge in [0, 0.05) is 11.7 Å². The van der Waals surface area contributed by atoms with Gasteiger partial charge in [0.25, 0.3) is 0 Å². The molecule has 2 aliphatic carbocycles. The first-order valence-corrected chi connectivity index (χ1v) is 8.02. The van der Waals surface area contributed by atoms with Gasteiger partial charge in [-0.1, -0.05) is 6.92 Å². The van der Waals surface area contributed by atoms with Crippen molar-refractivity contribution in [2.75, 3.05) is 0 Å². The van der Waals surface area contributed by atoms with Crippen molar-refractivity contribution in [3.8, 4) is 0 Å². The standard InChI is InChI=1S/C16H25N3O2/c1-4-14-10(2)18-19(11(14)3)13-7-8-16(9-13,15(20)21)17-12-5-6-12/h12-13,17H,4-9H2,1-3H3,(H,20,21). The number of carbonyl (C=O) groups is 1. The molecule has 21 heavy (non-hydrogen) atoms. The van der Waals surface area contributed by atoms with Gasteiger partial charge in [0.15, 0.2) is 0 Å². The van der Waals surface area contributed by atoms with Crippen molar-refractivity contribution in [1.29, 1.82) is 0 Å². The van der Waals surface area contributed by atoms with E-state index in [9.17, 15) is 9.90 Å². The summed E-state index contributed by atoms with van der Waals surface area (Å²) in [6.07, 6.45) is 5.43. The lowest BCUT2D eigenvalue weighted by atomic mass is 9.97. The first kappa shape index (κ1) is 14.6. The maximum atomic E-state index is 11.8. The van der Waals surface area contributed by atoms with Crippen LogP contribution < -0.4 is 5.32 Å². The van der Waals surface area contributed by atoms with Crippen LogP contribution in [0.1, 0.15) is 62.0 Å². The van der Waals surface area contributed by atoms with Gasteiger partial charge >= 0.3 is 5.97 Å². The summed E-state index contributed by atoms with van der Waals surface area (Å²) in [7, 11) is 0. The fourth-order valence-electron chi connectivity index (χ4n) is 3.80. The van der Waals surface area contributed by atoms with E-state index in [1.54, 1.807) is 0 Å². The molecule has 0 radical (unpaired) electrons. The Labute approximate surface area is 125 Å². The molecule has 5 heteroatoms. The number of rotatable bonds is 5. The molecule has 0 aromatic carbocycles. The van der Waals surface area contributed by atoms with E-state index in [-0.39, 0.29) is 6.04 Å². The number of aryl methyl sites for hydroxylation is 1. The van der Waals surface area contributed by atoms with Gasteiger partial charge in [-0.15, -0.1) is 0 Å². The molecular formula is C16H25N3O2. The Morgan fingerprint density at radius 3 is 2.67 bits per heavy atom. The second kappa shape index (κ2) is 5.13. The molecule has 2 N–H and O–H groups in total. The molecular weight excluding hydrogens is 266 g/mol. The largest absolute Gasteiger partial charge is 0.480 e. The summed E-state index contributed by atoms with van der Waals surface area (Å²) in [5.74, 6) is -0.700. The number of carboxylic acid groups (broad SMARTS) is 1. The van der Waals surface area contributed by atoms with E-state index < -0.39 is 11.5 Å².